The van der Waals surface area contributed by atoms with Crippen LogP contribution in [0, 0.1) is 36.5 Å². The van der Waals surface area contributed by atoms with Gasteiger partial charge in [0.1, 0.15) is 5.69 Å². The van der Waals surface area contributed by atoms with Crippen molar-refractivity contribution in [1.29, 1.82) is 0 Å². The van der Waals surface area contributed by atoms with E-state index in [4.69, 9.17) is 15.1 Å². The van der Waals surface area contributed by atoms with Crippen molar-refractivity contribution in [3.8, 4) is 0 Å². The number of aliphatic hydroxyl groups is 1. The van der Waals surface area contributed by atoms with Gasteiger partial charge in [0.2, 0.25) is 0 Å². The van der Waals surface area contributed by atoms with Crippen molar-refractivity contribution in [2.24, 2.45) is 29.6 Å². The van der Waals surface area contributed by atoms with Crippen LogP contribution in [0.1, 0.15) is 81.3 Å². The molecule has 2 heterocycles. The lowest BCUT2D eigenvalue weighted by Gasteiger charge is -2.51. The van der Waals surface area contributed by atoms with Crippen molar-refractivity contribution in [3.05, 3.63) is 35.5 Å². The number of aryl methyl sites for hydroxylation is 1. The van der Waals surface area contributed by atoms with E-state index in [9.17, 15) is 9.90 Å². The van der Waals surface area contributed by atoms with E-state index in [-0.39, 0.29) is 11.8 Å². The minimum Gasteiger partial charge on any atom is -0.477 e. The van der Waals surface area contributed by atoms with E-state index in [2.05, 4.69) is 16.8 Å². The molecule has 7 nitrogen and oxygen atoms in total. The molecular weight excluding hydrogens is 458 g/mol. The van der Waals surface area contributed by atoms with E-state index < -0.39 is 5.97 Å². The second-order valence-electron chi connectivity index (χ2n) is 11.1. The monoisotopic (exact) mass is 503 g/mol. The number of aromatic amines is 1. The Labute approximate surface area is 215 Å². The van der Waals surface area contributed by atoms with Crippen molar-refractivity contribution < 1.29 is 29.9 Å². The molecule has 2 aromatic rings. The Balaban J connectivity index is 0.000000194. The van der Waals surface area contributed by atoms with Gasteiger partial charge in [0.15, 0.2) is 0 Å². The fourth-order valence-electron chi connectivity index (χ4n) is 6.44. The lowest BCUT2D eigenvalue weighted by molar-refractivity contribution is -0.214. The molecule has 2 saturated carbocycles. The second kappa shape index (κ2) is 13.6. The molecule has 2 aliphatic carbocycles. The number of rotatable bonds is 5. The molecule has 1 aliphatic heterocycles. The zero-order valence-electron chi connectivity index (χ0n) is 22.3. The number of fused-ring (bicyclic) bond motifs is 2. The summed E-state index contributed by atoms with van der Waals surface area (Å²) < 4.78 is 6.34. The lowest BCUT2D eigenvalue weighted by atomic mass is 9.61. The molecule has 4 N–H and O–H groups in total. The van der Waals surface area contributed by atoms with Gasteiger partial charge in [0, 0.05) is 10.9 Å². The van der Waals surface area contributed by atoms with E-state index in [0.29, 0.717) is 6.10 Å². The summed E-state index contributed by atoms with van der Waals surface area (Å²) in [5, 5.41) is 26.3. The van der Waals surface area contributed by atoms with Gasteiger partial charge in [-0.25, -0.2) is 9.68 Å². The predicted octanol–water partition coefficient (Wildman–Crippen LogP) is 6.30. The van der Waals surface area contributed by atoms with Crippen LogP contribution in [0.5, 0.6) is 0 Å². The molecule has 3 aliphatic rings. The molecule has 1 aromatic heterocycles. The van der Waals surface area contributed by atoms with Crippen LogP contribution in [-0.2, 0) is 9.62 Å². The molecule has 4 unspecified atom stereocenters. The number of nitrogens with one attached hydrogen (secondary N) is 1. The van der Waals surface area contributed by atoms with Gasteiger partial charge in [-0.05, 0) is 93.7 Å². The third-order valence-electron chi connectivity index (χ3n) is 8.52. The maximum absolute atomic E-state index is 10.6. The highest BCUT2D eigenvalue weighted by molar-refractivity contribution is 5.93. The first kappa shape index (κ1) is 28.6. The van der Waals surface area contributed by atoms with Crippen LogP contribution in [0.3, 0.4) is 0 Å². The second-order valence-corrected chi connectivity index (χ2v) is 11.1. The summed E-state index contributed by atoms with van der Waals surface area (Å²) in [6, 6.07) is 7.44. The molecule has 6 atom stereocenters. The summed E-state index contributed by atoms with van der Waals surface area (Å²) in [5.41, 5.74) is 2.23. The molecule has 3 fully saturated rings. The standard InChI is InChI=1S/C18H32O2.C10H9NO2.CH4O2/c1-12(19)9-10-14-5-4-8-16-13(2)18(15-6-3-7-15)20-11-17(14)16;1-6-2-3-8-7(4-6)5-9(11-8)10(12)13;1-3-2/h12-19H,3-11H2,1-2H3;2-5,11H,1H3,(H,12,13);2H,1H3/t12?,13-,14?,16+,17?,18?;;/m1../s1. The number of aromatic carboxylic acids is 1. The van der Waals surface area contributed by atoms with Gasteiger partial charge < -0.3 is 19.9 Å². The number of carbonyl (C=O) groups is 1. The summed E-state index contributed by atoms with van der Waals surface area (Å²) in [6.45, 7) is 7.36. The van der Waals surface area contributed by atoms with E-state index in [1.54, 1.807) is 6.07 Å². The van der Waals surface area contributed by atoms with Gasteiger partial charge in [0.25, 0.3) is 0 Å². The highest BCUT2D eigenvalue weighted by atomic mass is 17.1. The quantitative estimate of drug-likeness (QED) is 0.282. The number of hydrogen-bond acceptors (Lipinski definition) is 5. The zero-order chi connectivity index (χ0) is 26.2. The van der Waals surface area contributed by atoms with Gasteiger partial charge in [-0.1, -0.05) is 37.8 Å². The Morgan fingerprint density at radius 1 is 1.17 bits per heavy atom. The van der Waals surface area contributed by atoms with Crippen LogP contribution in [0.4, 0.5) is 0 Å². The minimum atomic E-state index is -0.922. The third kappa shape index (κ3) is 7.31. The number of hydrogen-bond donors (Lipinski definition) is 4. The third-order valence-corrected chi connectivity index (χ3v) is 8.52. The average Bonchev–Trinajstić information content (AvgIpc) is 3.23. The number of benzene rings is 1. The number of aromatic nitrogens is 1. The summed E-state index contributed by atoms with van der Waals surface area (Å²) >= 11 is 0. The summed E-state index contributed by atoms with van der Waals surface area (Å²) in [5.74, 6) is 3.16. The molecular formula is C29H45NO6. The van der Waals surface area contributed by atoms with Gasteiger partial charge in [-0.15, -0.1) is 0 Å². The van der Waals surface area contributed by atoms with Crippen molar-refractivity contribution >= 4 is 16.9 Å². The molecule has 0 amide bonds. The maximum Gasteiger partial charge on any atom is 0.352 e. The number of carboxylic acid groups (broad SMARTS) is 1. The van der Waals surface area contributed by atoms with E-state index in [1.807, 2.05) is 32.0 Å². The first-order valence-corrected chi connectivity index (χ1v) is 13.5. The Morgan fingerprint density at radius 3 is 2.47 bits per heavy atom. The fourth-order valence-corrected chi connectivity index (χ4v) is 6.44. The summed E-state index contributed by atoms with van der Waals surface area (Å²) in [7, 11) is 1.18. The molecule has 36 heavy (non-hydrogen) atoms. The molecule has 0 bridgehead atoms. The van der Waals surface area contributed by atoms with Crippen molar-refractivity contribution in [1.82, 2.24) is 4.98 Å². The molecule has 1 aromatic carbocycles. The molecule has 5 rings (SSSR count). The van der Waals surface area contributed by atoms with Crippen molar-refractivity contribution in [2.75, 3.05) is 13.7 Å². The highest BCUT2D eigenvalue weighted by Gasteiger charge is 2.45. The number of H-pyrrole nitrogens is 1. The van der Waals surface area contributed by atoms with Crippen molar-refractivity contribution in [2.45, 2.75) is 84.3 Å². The Kier molecular flexibility index (Phi) is 10.8. The van der Waals surface area contributed by atoms with Crippen LogP contribution in [0.15, 0.2) is 24.3 Å². The largest absolute Gasteiger partial charge is 0.477 e. The Morgan fingerprint density at radius 2 is 1.86 bits per heavy atom. The van der Waals surface area contributed by atoms with E-state index >= 15 is 0 Å². The van der Waals surface area contributed by atoms with E-state index in [0.717, 1.165) is 59.1 Å². The number of carboxylic acids is 1. The normalized spacial score (nSPS) is 28.6. The molecule has 0 radical (unpaired) electrons. The molecule has 202 valence electrons. The van der Waals surface area contributed by atoms with E-state index in [1.165, 1.54) is 52.1 Å². The summed E-state index contributed by atoms with van der Waals surface area (Å²) in [4.78, 5) is 16.7. The minimum absolute atomic E-state index is 0.139. The van der Waals surface area contributed by atoms with Crippen LogP contribution >= 0.6 is 0 Å². The topological polar surface area (TPSA) is 112 Å². The maximum atomic E-state index is 10.6. The average molecular weight is 504 g/mol. The Hall–Kier alpha value is -1.93. The van der Waals surface area contributed by atoms with Gasteiger partial charge in [-0.3, -0.25) is 5.26 Å². The zero-order valence-corrected chi connectivity index (χ0v) is 22.3. The Bertz CT molecular complexity index is 952. The fraction of sp³-hybridized carbons (Fsp3) is 0.690. The molecule has 1 saturated heterocycles. The summed E-state index contributed by atoms with van der Waals surface area (Å²) in [6.07, 6.45) is 11.0. The predicted molar refractivity (Wildman–Crippen MR) is 141 cm³/mol. The van der Waals surface area contributed by atoms with Gasteiger partial charge in [-0.2, -0.15) is 0 Å². The van der Waals surface area contributed by atoms with Gasteiger partial charge in [0.05, 0.1) is 25.9 Å². The molecule has 7 heteroatoms. The smallest absolute Gasteiger partial charge is 0.352 e. The highest BCUT2D eigenvalue weighted by Crippen LogP contribution is 2.49. The first-order chi connectivity index (χ1) is 17.2. The SMILES string of the molecule is CC(O)CCC1CCC[C@@H]2C1COC(C1CCC1)[C@@H]2C.COO.Cc1ccc2[nH]c(C(=O)O)cc2c1. The number of aliphatic hydroxyl groups excluding tert-OH is 1. The van der Waals surface area contributed by atoms with Crippen LogP contribution in [0.2, 0.25) is 0 Å². The molecule has 0 spiro atoms. The lowest BCUT2D eigenvalue weighted by Crippen LogP contribution is -2.49. The van der Waals surface area contributed by atoms with Gasteiger partial charge >= 0.3 is 5.97 Å². The van der Waals surface area contributed by atoms with Crippen LogP contribution < -0.4 is 0 Å². The first-order valence-electron chi connectivity index (χ1n) is 13.5. The number of ether oxygens (including phenoxy) is 1. The van der Waals surface area contributed by atoms with Crippen molar-refractivity contribution in [3.63, 3.8) is 0 Å². The van der Waals surface area contributed by atoms with Crippen LogP contribution in [-0.4, -0.2) is 52.3 Å². The van der Waals surface area contributed by atoms with Crippen LogP contribution in [0.25, 0.3) is 10.9 Å².